The second kappa shape index (κ2) is 7.81. The first-order valence-electron chi connectivity index (χ1n) is 7.63. The van der Waals surface area contributed by atoms with E-state index in [1.807, 2.05) is 0 Å². The maximum atomic E-state index is 4.59. The van der Waals surface area contributed by atoms with Crippen LogP contribution in [-0.4, -0.2) is 18.1 Å². The quantitative estimate of drug-likeness (QED) is 0.779. The lowest BCUT2D eigenvalue weighted by Crippen LogP contribution is -2.22. The van der Waals surface area contributed by atoms with Crippen LogP contribution < -0.4 is 5.32 Å². The van der Waals surface area contributed by atoms with Crippen LogP contribution in [0.15, 0.2) is 11.0 Å². The van der Waals surface area contributed by atoms with Gasteiger partial charge in [-0.15, -0.1) is 11.3 Å². The predicted molar refractivity (Wildman–Crippen MR) is 84.6 cm³/mol. The van der Waals surface area contributed by atoms with Crippen molar-refractivity contribution in [2.75, 3.05) is 13.1 Å². The Balaban J connectivity index is 2.05. The van der Waals surface area contributed by atoms with Crippen molar-refractivity contribution < 1.29 is 0 Å². The molecule has 0 aliphatic heterocycles. The van der Waals surface area contributed by atoms with Crippen LogP contribution in [0.2, 0.25) is 0 Å². The van der Waals surface area contributed by atoms with E-state index in [-0.39, 0.29) is 0 Å². The van der Waals surface area contributed by atoms with Gasteiger partial charge in [-0.2, -0.15) is 0 Å². The van der Waals surface area contributed by atoms with E-state index < -0.39 is 0 Å². The van der Waals surface area contributed by atoms with Crippen LogP contribution >= 0.6 is 11.3 Å². The van der Waals surface area contributed by atoms with Gasteiger partial charge in [0.25, 0.3) is 0 Å². The number of thiazole rings is 1. The zero-order valence-electron chi connectivity index (χ0n) is 12.2. The van der Waals surface area contributed by atoms with Crippen LogP contribution in [0, 0.1) is 12.8 Å². The number of rotatable bonds is 6. The SMILES string of the molecule is CCCNCC(=Cc1nc(C)cs1)C1CCCCC1. The average Bonchev–Trinajstić information content (AvgIpc) is 2.84. The van der Waals surface area contributed by atoms with E-state index in [0.29, 0.717) is 0 Å². The molecule has 2 nitrogen and oxygen atoms in total. The van der Waals surface area contributed by atoms with Crippen LogP contribution in [-0.2, 0) is 0 Å². The highest BCUT2D eigenvalue weighted by molar-refractivity contribution is 7.10. The summed E-state index contributed by atoms with van der Waals surface area (Å²) >= 11 is 1.77. The standard InChI is InChI=1S/C16H26N2S/c1-3-9-17-11-15(14-7-5-4-6-8-14)10-16-18-13(2)12-19-16/h10,12,14,17H,3-9,11H2,1-2H3. The molecule has 0 aromatic carbocycles. The Bertz CT molecular complexity index is 403. The monoisotopic (exact) mass is 278 g/mol. The van der Waals surface area contributed by atoms with Crippen molar-refractivity contribution in [1.82, 2.24) is 10.3 Å². The molecular weight excluding hydrogens is 252 g/mol. The van der Waals surface area contributed by atoms with Crippen molar-refractivity contribution in [3.63, 3.8) is 0 Å². The zero-order valence-corrected chi connectivity index (χ0v) is 13.1. The van der Waals surface area contributed by atoms with Crippen LogP contribution in [0.3, 0.4) is 0 Å². The normalized spacial score (nSPS) is 17.9. The maximum absolute atomic E-state index is 4.59. The fraction of sp³-hybridized carbons (Fsp3) is 0.688. The van der Waals surface area contributed by atoms with Gasteiger partial charge >= 0.3 is 0 Å². The van der Waals surface area contributed by atoms with E-state index in [0.717, 1.165) is 24.7 Å². The summed E-state index contributed by atoms with van der Waals surface area (Å²) in [6.45, 7) is 6.45. The third kappa shape index (κ3) is 4.73. The predicted octanol–water partition coefficient (Wildman–Crippen LogP) is 4.41. The second-order valence-corrected chi connectivity index (χ2v) is 6.45. The number of hydrogen-bond donors (Lipinski definition) is 1. The topological polar surface area (TPSA) is 24.9 Å². The minimum absolute atomic E-state index is 0.780. The second-order valence-electron chi connectivity index (χ2n) is 5.56. The smallest absolute Gasteiger partial charge is 0.116 e. The summed E-state index contributed by atoms with van der Waals surface area (Å²) in [7, 11) is 0. The van der Waals surface area contributed by atoms with Gasteiger partial charge in [0.1, 0.15) is 5.01 Å². The first-order valence-corrected chi connectivity index (χ1v) is 8.51. The maximum Gasteiger partial charge on any atom is 0.116 e. The van der Waals surface area contributed by atoms with Gasteiger partial charge in [-0.3, -0.25) is 0 Å². The van der Waals surface area contributed by atoms with E-state index in [1.54, 1.807) is 16.9 Å². The summed E-state index contributed by atoms with van der Waals surface area (Å²) in [4.78, 5) is 4.59. The van der Waals surface area contributed by atoms with Gasteiger partial charge in [0.05, 0.1) is 0 Å². The van der Waals surface area contributed by atoms with E-state index in [9.17, 15) is 0 Å². The third-order valence-corrected chi connectivity index (χ3v) is 4.74. The van der Waals surface area contributed by atoms with Gasteiger partial charge in [-0.1, -0.05) is 31.8 Å². The molecule has 3 heteroatoms. The molecule has 0 spiro atoms. The summed E-state index contributed by atoms with van der Waals surface area (Å²) < 4.78 is 0. The van der Waals surface area contributed by atoms with Crippen molar-refractivity contribution in [1.29, 1.82) is 0 Å². The fourth-order valence-electron chi connectivity index (χ4n) is 2.79. The van der Waals surface area contributed by atoms with E-state index in [4.69, 9.17) is 0 Å². The minimum atomic E-state index is 0.780. The number of aromatic nitrogens is 1. The van der Waals surface area contributed by atoms with E-state index in [1.165, 1.54) is 43.5 Å². The molecule has 1 aliphatic rings. The molecule has 1 aromatic heterocycles. The molecule has 0 unspecified atom stereocenters. The Morgan fingerprint density at radius 3 is 2.84 bits per heavy atom. The van der Waals surface area contributed by atoms with Crippen molar-refractivity contribution in [2.45, 2.75) is 52.4 Å². The molecule has 1 fully saturated rings. The van der Waals surface area contributed by atoms with Gasteiger partial charge in [-0.25, -0.2) is 4.98 Å². The number of aryl methyl sites for hydroxylation is 1. The number of hydrogen-bond acceptors (Lipinski definition) is 3. The van der Waals surface area contributed by atoms with Crippen LogP contribution in [0.5, 0.6) is 0 Å². The summed E-state index contributed by atoms with van der Waals surface area (Å²) in [5.74, 6) is 0.780. The number of nitrogens with zero attached hydrogens (tertiary/aromatic N) is 1. The van der Waals surface area contributed by atoms with E-state index in [2.05, 4.69) is 35.6 Å². The van der Waals surface area contributed by atoms with Crippen molar-refractivity contribution in [3.05, 3.63) is 21.7 Å². The Morgan fingerprint density at radius 1 is 1.42 bits per heavy atom. The summed E-state index contributed by atoms with van der Waals surface area (Å²) in [6.07, 6.45) is 10.5. The lowest BCUT2D eigenvalue weighted by Gasteiger charge is -2.24. The fourth-order valence-corrected chi connectivity index (χ4v) is 3.55. The molecule has 1 saturated carbocycles. The molecule has 2 rings (SSSR count). The molecule has 0 atom stereocenters. The van der Waals surface area contributed by atoms with Gasteiger partial charge in [0, 0.05) is 17.6 Å². The zero-order chi connectivity index (χ0) is 13.5. The molecular formula is C16H26N2S. The van der Waals surface area contributed by atoms with Gasteiger partial charge in [0.2, 0.25) is 0 Å². The first-order chi connectivity index (χ1) is 9.29. The molecule has 0 radical (unpaired) electrons. The lowest BCUT2D eigenvalue weighted by molar-refractivity contribution is 0.396. The van der Waals surface area contributed by atoms with Crippen LogP contribution in [0.25, 0.3) is 6.08 Å². The third-order valence-electron chi connectivity index (χ3n) is 3.83. The number of nitrogens with one attached hydrogen (secondary N) is 1. The molecule has 1 heterocycles. The molecule has 19 heavy (non-hydrogen) atoms. The van der Waals surface area contributed by atoms with Gasteiger partial charge < -0.3 is 5.32 Å². The van der Waals surface area contributed by atoms with Crippen molar-refractivity contribution >= 4 is 17.4 Å². The molecule has 0 saturated heterocycles. The average molecular weight is 278 g/mol. The minimum Gasteiger partial charge on any atom is -0.313 e. The Hall–Kier alpha value is -0.670. The van der Waals surface area contributed by atoms with E-state index >= 15 is 0 Å². The Labute approximate surface area is 121 Å². The molecule has 1 aliphatic carbocycles. The largest absolute Gasteiger partial charge is 0.313 e. The molecule has 1 aromatic rings. The summed E-state index contributed by atoms with van der Waals surface area (Å²) in [5.41, 5.74) is 2.71. The molecule has 106 valence electrons. The highest BCUT2D eigenvalue weighted by atomic mass is 32.1. The molecule has 1 N–H and O–H groups in total. The molecule has 0 amide bonds. The van der Waals surface area contributed by atoms with Crippen LogP contribution in [0.4, 0.5) is 0 Å². The summed E-state index contributed by atoms with van der Waals surface area (Å²) in [5, 5.41) is 6.89. The lowest BCUT2D eigenvalue weighted by atomic mass is 9.83. The van der Waals surface area contributed by atoms with Gasteiger partial charge in [-0.05, 0) is 44.7 Å². The van der Waals surface area contributed by atoms with Gasteiger partial charge in [0.15, 0.2) is 0 Å². The Kier molecular flexibility index (Phi) is 6.05. The highest BCUT2D eigenvalue weighted by Gasteiger charge is 2.17. The van der Waals surface area contributed by atoms with Crippen molar-refractivity contribution in [2.24, 2.45) is 5.92 Å². The molecule has 0 bridgehead atoms. The Morgan fingerprint density at radius 2 is 2.21 bits per heavy atom. The van der Waals surface area contributed by atoms with Crippen LogP contribution in [0.1, 0.15) is 56.2 Å². The highest BCUT2D eigenvalue weighted by Crippen LogP contribution is 2.31. The summed E-state index contributed by atoms with van der Waals surface area (Å²) in [6, 6.07) is 0. The first kappa shape index (κ1) is 14.7. The van der Waals surface area contributed by atoms with Crippen molar-refractivity contribution in [3.8, 4) is 0 Å².